The van der Waals surface area contributed by atoms with Gasteiger partial charge < -0.3 is 10.5 Å². The summed E-state index contributed by atoms with van der Waals surface area (Å²) in [4.78, 5) is 0. The molecule has 1 aliphatic heterocycles. The van der Waals surface area contributed by atoms with Crippen LogP contribution in [-0.2, 0) is 0 Å². The molecule has 1 unspecified atom stereocenters. The molecule has 0 bridgehead atoms. The van der Waals surface area contributed by atoms with Crippen LogP contribution in [0.15, 0.2) is 18.2 Å². The van der Waals surface area contributed by atoms with Crippen LogP contribution in [0.25, 0.3) is 0 Å². The Hall–Kier alpha value is -1.02. The fraction of sp³-hybridized carbons (Fsp3) is 0.538. The highest BCUT2D eigenvalue weighted by Crippen LogP contribution is 2.34. The molecule has 0 fully saturated rings. The number of hydrogen-bond acceptors (Lipinski definition) is 2. The first kappa shape index (κ1) is 10.5. The van der Waals surface area contributed by atoms with Gasteiger partial charge in [0.1, 0.15) is 5.75 Å². The number of benzene rings is 1. The maximum atomic E-state index is 5.79. The number of fused-ring (bicyclic) bond motifs is 1. The molecule has 0 saturated carbocycles. The molecule has 2 nitrogen and oxygen atoms in total. The lowest BCUT2D eigenvalue weighted by Gasteiger charge is -2.25. The highest BCUT2D eigenvalue weighted by molar-refractivity contribution is 5.42. The average Bonchev–Trinajstić information content (AvgIpc) is 2.27. The maximum absolute atomic E-state index is 5.79. The summed E-state index contributed by atoms with van der Waals surface area (Å²) in [5.41, 5.74) is 8.46. The summed E-state index contributed by atoms with van der Waals surface area (Å²) in [7, 11) is 0. The van der Waals surface area contributed by atoms with Gasteiger partial charge in [0, 0.05) is 5.92 Å². The third-order valence-electron chi connectivity index (χ3n) is 3.15. The van der Waals surface area contributed by atoms with E-state index in [9.17, 15) is 0 Å². The van der Waals surface area contributed by atoms with Gasteiger partial charge in [0.25, 0.3) is 0 Å². The third kappa shape index (κ3) is 2.00. The van der Waals surface area contributed by atoms with Gasteiger partial charge in [-0.1, -0.05) is 26.0 Å². The molecule has 1 aromatic rings. The quantitative estimate of drug-likeness (QED) is 0.805. The van der Waals surface area contributed by atoms with Gasteiger partial charge in [-0.05, 0) is 36.1 Å². The van der Waals surface area contributed by atoms with Gasteiger partial charge in [0.15, 0.2) is 0 Å². The zero-order valence-corrected chi connectivity index (χ0v) is 9.49. The summed E-state index contributed by atoms with van der Waals surface area (Å²) in [6.45, 7) is 5.94. The summed E-state index contributed by atoms with van der Waals surface area (Å²) in [6, 6.07) is 6.51. The summed E-state index contributed by atoms with van der Waals surface area (Å²) in [5, 5.41) is 0. The topological polar surface area (TPSA) is 35.2 Å². The lowest BCUT2D eigenvalue weighted by molar-refractivity contribution is 0.268. The lowest BCUT2D eigenvalue weighted by Crippen LogP contribution is -2.21. The van der Waals surface area contributed by atoms with Crippen LogP contribution in [0.4, 0.5) is 0 Å². The second-order valence-corrected chi connectivity index (χ2v) is 4.52. The molecule has 1 aromatic carbocycles. The molecule has 15 heavy (non-hydrogen) atoms. The fourth-order valence-corrected chi connectivity index (χ4v) is 2.09. The second-order valence-electron chi connectivity index (χ2n) is 4.52. The molecule has 1 atom stereocenters. The molecule has 1 heterocycles. The zero-order chi connectivity index (χ0) is 10.8. The second kappa shape index (κ2) is 4.23. The Labute approximate surface area is 91.4 Å². The van der Waals surface area contributed by atoms with Crippen molar-refractivity contribution in [1.29, 1.82) is 0 Å². The van der Waals surface area contributed by atoms with Gasteiger partial charge in [0.2, 0.25) is 0 Å². The van der Waals surface area contributed by atoms with Crippen molar-refractivity contribution in [2.75, 3.05) is 13.2 Å². The van der Waals surface area contributed by atoms with E-state index in [-0.39, 0.29) is 0 Å². The predicted molar refractivity (Wildman–Crippen MR) is 62.4 cm³/mol. The Morgan fingerprint density at radius 2 is 2.27 bits per heavy atom. The molecule has 0 radical (unpaired) electrons. The number of rotatable bonds is 2. The monoisotopic (exact) mass is 205 g/mol. The summed E-state index contributed by atoms with van der Waals surface area (Å²) >= 11 is 0. The normalized spacial score (nSPS) is 19.9. The first-order valence-electron chi connectivity index (χ1n) is 5.69. The molecule has 0 amide bonds. The molecule has 2 heteroatoms. The molecule has 0 aromatic heterocycles. The summed E-state index contributed by atoms with van der Waals surface area (Å²) in [6.07, 6.45) is 1.05. The number of ether oxygens (including phenoxy) is 1. The Bertz CT molecular complexity index is 346. The molecule has 1 aliphatic rings. The van der Waals surface area contributed by atoms with E-state index in [1.54, 1.807) is 0 Å². The van der Waals surface area contributed by atoms with E-state index in [1.807, 2.05) is 0 Å². The van der Waals surface area contributed by atoms with Gasteiger partial charge in [0.05, 0.1) is 6.61 Å². The highest BCUT2D eigenvalue weighted by atomic mass is 16.5. The van der Waals surface area contributed by atoms with Crippen LogP contribution in [0.3, 0.4) is 0 Å². The fourth-order valence-electron chi connectivity index (χ4n) is 2.09. The van der Waals surface area contributed by atoms with Crippen molar-refractivity contribution in [1.82, 2.24) is 0 Å². The molecular formula is C13H19NO. The van der Waals surface area contributed by atoms with E-state index in [2.05, 4.69) is 32.0 Å². The minimum atomic E-state index is 0.479. The Kier molecular flexibility index (Phi) is 2.96. The van der Waals surface area contributed by atoms with Gasteiger partial charge >= 0.3 is 0 Å². The summed E-state index contributed by atoms with van der Waals surface area (Å²) < 4.78 is 5.63. The first-order chi connectivity index (χ1) is 7.22. The van der Waals surface area contributed by atoms with E-state index in [0.717, 1.165) is 25.3 Å². The molecule has 2 N–H and O–H groups in total. The summed E-state index contributed by atoms with van der Waals surface area (Å²) in [5.74, 6) is 2.07. The molecule has 0 spiro atoms. The minimum absolute atomic E-state index is 0.479. The van der Waals surface area contributed by atoms with Gasteiger partial charge in [-0.15, -0.1) is 0 Å². The molecule has 0 saturated heterocycles. The smallest absolute Gasteiger partial charge is 0.122 e. The van der Waals surface area contributed by atoms with Crippen LogP contribution < -0.4 is 10.5 Å². The van der Waals surface area contributed by atoms with Crippen molar-refractivity contribution >= 4 is 0 Å². The van der Waals surface area contributed by atoms with Gasteiger partial charge in [-0.2, -0.15) is 0 Å². The van der Waals surface area contributed by atoms with Gasteiger partial charge in [-0.25, -0.2) is 0 Å². The molecule has 0 aliphatic carbocycles. The average molecular weight is 205 g/mol. The third-order valence-corrected chi connectivity index (χ3v) is 3.15. The minimum Gasteiger partial charge on any atom is -0.493 e. The van der Waals surface area contributed by atoms with Crippen LogP contribution in [0, 0.1) is 0 Å². The number of hydrogen-bond donors (Lipinski definition) is 1. The van der Waals surface area contributed by atoms with Gasteiger partial charge in [-0.3, -0.25) is 0 Å². The lowest BCUT2D eigenvalue weighted by atomic mass is 9.90. The van der Waals surface area contributed by atoms with Crippen molar-refractivity contribution in [2.24, 2.45) is 5.73 Å². The maximum Gasteiger partial charge on any atom is 0.122 e. The largest absolute Gasteiger partial charge is 0.493 e. The van der Waals surface area contributed by atoms with E-state index in [1.165, 1.54) is 11.1 Å². The predicted octanol–water partition coefficient (Wildman–Crippen LogP) is 2.63. The van der Waals surface area contributed by atoms with E-state index >= 15 is 0 Å². The van der Waals surface area contributed by atoms with Crippen molar-refractivity contribution in [3.63, 3.8) is 0 Å². The van der Waals surface area contributed by atoms with Crippen molar-refractivity contribution in [3.05, 3.63) is 29.3 Å². The standard InChI is InChI=1S/C13H19NO/c1-9(2)10-3-4-13-12(7-10)11(8-14)5-6-15-13/h3-4,7,9,11H,5-6,8,14H2,1-2H3. The van der Waals surface area contributed by atoms with E-state index in [0.29, 0.717) is 11.8 Å². The SMILES string of the molecule is CC(C)c1ccc2c(c1)C(CN)CCO2. The van der Waals surface area contributed by atoms with Crippen LogP contribution in [0.2, 0.25) is 0 Å². The van der Waals surface area contributed by atoms with Crippen molar-refractivity contribution in [3.8, 4) is 5.75 Å². The van der Waals surface area contributed by atoms with Crippen LogP contribution in [-0.4, -0.2) is 13.2 Å². The highest BCUT2D eigenvalue weighted by Gasteiger charge is 2.20. The van der Waals surface area contributed by atoms with Crippen molar-refractivity contribution in [2.45, 2.75) is 32.1 Å². The van der Waals surface area contributed by atoms with Crippen LogP contribution >= 0.6 is 0 Å². The zero-order valence-electron chi connectivity index (χ0n) is 9.49. The number of nitrogens with two attached hydrogens (primary N) is 1. The van der Waals surface area contributed by atoms with E-state index < -0.39 is 0 Å². The van der Waals surface area contributed by atoms with Crippen molar-refractivity contribution < 1.29 is 4.74 Å². The van der Waals surface area contributed by atoms with Crippen LogP contribution in [0.5, 0.6) is 5.75 Å². The first-order valence-corrected chi connectivity index (χ1v) is 5.69. The van der Waals surface area contributed by atoms with E-state index in [4.69, 9.17) is 10.5 Å². The molecular weight excluding hydrogens is 186 g/mol. The molecule has 2 rings (SSSR count). The van der Waals surface area contributed by atoms with Crippen LogP contribution in [0.1, 0.15) is 43.2 Å². The Morgan fingerprint density at radius 1 is 1.47 bits per heavy atom. The Balaban J connectivity index is 2.39. The Morgan fingerprint density at radius 3 is 2.93 bits per heavy atom. The molecule has 82 valence electrons.